The third kappa shape index (κ3) is 5.14. The zero-order valence-electron chi connectivity index (χ0n) is 21.8. The van der Waals surface area contributed by atoms with Crippen LogP contribution in [0, 0.1) is 0 Å². The van der Waals surface area contributed by atoms with Crippen molar-refractivity contribution in [3.63, 3.8) is 0 Å². The van der Waals surface area contributed by atoms with Gasteiger partial charge in [-0.3, -0.25) is 14.6 Å². The lowest BCUT2D eigenvalue weighted by Crippen LogP contribution is -2.37. The van der Waals surface area contributed by atoms with Crippen LogP contribution in [0.4, 0.5) is 5.69 Å². The Balaban J connectivity index is 1.50. The predicted octanol–water partition coefficient (Wildman–Crippen LogP) is 3.19. The van der Waals surface area contributed by atoms with E-state index >= 15 is 0 Å². The number of aliphatic hydroxyl groups is 2. The Morgan fingerprint density at radius 3 is 2.64 bits per heavy atom. The van der Waals surface area contributed by atoms with Gasteiger partial charge >= 0.3 is 0 Å². The quantitative estimate of drug-likeness (QED) is 0.383. The first-order chi connectivity index (χ1) is 18.9. The number of carbonyl (C=O) groups is 2. The second-order valence-electron chi connectivity index (χ2n) is 9.49. The molecule has 1 unspecified atom stereocenters. The Morgan fingerprint density at radius 2 is 1.90 bits per heavy atom. The maximum atomic E-state index is 14.0. The molecule has 0 fully saturated rings. The second-order valence-corrected chi connectivity index (χ2v) is 9.49. The summed E-state index contributed by atoms with van der Waals surface area (Å²) in [6.07, 6.45) is 2.43. The summed E-state index contributed by atoms with van der Waals surface area (Å²) in [4.78, 5) is 34.5. The van der Waals surface area contributed by atoms with Gasteiger partial charge in [-0.2, -0.15) is 0 Å². The van der Waals surface area contributed by atoms with Gasteiger partial charge in [-0.25, -0.2) is 0 Å². The number of pyridine rings is 1. The van der Waals surface area contributed by atoms with Gasteiger partial charge in [0.2, 0.25) is 0 Å². The van der Waals surface area contributed by atoms with E-state index in [0.29, 0.717) is 23.6 Å². The van der Waals surface area contributed by atoms with Gasteiger partial charge < -0.3 is 29.3 Å². The molecular weight excluding hydrogens is 496 g/mol. The molecule has 2 N–H and O–H groups in total. The van der Waals surface area contributed by atoms with Crippen LogP contribution in [0.2, 0.25) is 0 Å². The predicted molar refractivity (Wildman–Crippen MR) is 147 cm³/mol. The number of hydrogen-bond acceptors (Lipinski definition) is 6. The number of rotatable bonds is 7. The molecule has 1 aliphatic rings. The summed E-state index contributed by atoms with van der Waals surface area (Å²) in [6, 6.07) is 20.4. The lowest BCUT2D eigenvalue weighted by atomic mass is 10.0. The summed E-state index contributed by atoms with van der Waals surface area (Å²) >= 11 is 0. The number of benzene rings is 2. The third-order valence-corrected chi connectivity index (χ3v) is 6.93. The largest absolute Gasteiger partial charge is 0.496 e. The summed E-state index contributed by atoms with van der Waals surface area (Å²) < 4.78 is 7.54. The zero-order chi connectivity index (χ0) is 27.5. The molecule has 0 spiro atoms. The Bertz CT molecular complexity index is 1500. The Hall–Kier alpha value is -4.47. The molecule has 200 valence electrons. The van der Waals surface area contributed by atoms with E-state index in [2.05, 4.69) is 4.98 Å². The van der Waals surface area contributed by atoms with E-state index < -0.39 is 12.7 Å². The number of hydrogen-bond donors (Lipinski definition) is 2. The summed E-state index contributed by atoms with van der Waals surface area (Å²) in [5.41, 5.74) is 5.12. The van der Waals surface area contributed by atoms with E-state index in [1.165, 1.54) is 4.90 Å². The number of aliphatic hydroxyl groups excluding tert-OH is 2. The van der Waals surface area contributed by atoms with Crippen molar-refractivity contribution in [3.05, 3.63) is 102 Å². The van der Waals surface area contributed by atoms with Crippen LogP contribution < -0.4 is 9.64 Å². The summed E-state index contributed by atoms with van der Waals surface area (Å²) in [5, 5.41) is 19.0. The molecule has 5 rings (SSSR count). The highest BCUT2D eigenvalue weighted by molar-refractivity contribution is 6.07. The van der Waals surface area contributed by atoms with Crippen LogP contribution in [0.5, 0.6) is 5.75 Å². The average molecular weight is 527 g/mol. The molecule has 0 saturated carbocycles. The van der Waals surface area contributed by atoms with Crippen molar-refractivity contribution in [2.75, 3.05) is 32.2 Å². The number of methoxy groups -OCH3 is 1. The van der Waals surface area contributed by atoms with Crippen molar-refractivity contribution in [2.45, 2.75) is 19.2 Å². The van der Waals surface area contributed by atoms with Gasteiger partial charge in [0, 0.05) is 54.1 Å². The van der Waals surface area contributed by atoms with E-state index in [9.17, 15) is 19.8 Å². The highest BCUT2D eigenvalue weighted by Gasteiger charge is 2.29. The first-order valence-corrected chi connectivity index (χ1v) is 12.6. The molecule has 39 heavy (non-hydrogen) atoms. The van der Waals surface area contributed by atoms with E-state index in [0.717, 1.165) is 28.1 Å². The second kappa shape index (κ2) is 11.1. The van der Waals surface area contributed by atoms with Crippen LogP contribution in [0.1, 0.15) is 32.1 Å². The van der Waals surface area contributed by atoms with Gasteiger partial charge in [0.15, 0.2) is 0 Å². The van der Waals surface area contributed by atoms with Gasteiger partial charge in [-0.15, -0.1) is 0 Å². The van der Waals surface area contributed by atoms with Crippen LogP contribution in [-0.2, 0) is 13.1 Å². The molecule has 0 saturated heterocycles. The highest BCUT2D eigenvalue weighted by Crippen LogP contribution is 2.34. The molecular formula is C30H30N4O5. The monoisotopic (exact) mass is 526 g/mol. The van der Waals surface area contributed by atoms with Crippen LogP contribution in [-0.4, -0.2) is 69.9 Å². The summed E-state index contributed by atoms with van der Waals surface area (Å²) in [7, 11) is 3.16. The fourth-order valence-corrected chi connectivity index (χ4v) is 4.92. The normalized spacial score (nSPS) is 13.2. The fraction of sp³-hybridized carbons (Fsp3) is 0.233. The number of para-hydroxylation sites is 1. The van der Waals surface area contributed by atoms with Crippen molar-refractivity contribution in [1.29, 1.82) is 0 Å². The van der Waals surface area contributed by atoms with Crippen molar-refractivity contribution >= 4 is 17.5 Å². The molecule has 0 radical (unpaired) electrons. The molecule has 1 atom stereocenters. The molecule has 3 heterocycles. The van der Waals surface area contributed by atoms with E-state index in [-0.39, 0.29) is 24.9 Å². The molecule has 0 bridgehead atoms. The number of ether oxygens (including phenoxy) is 1. The summed E-state index contributed by atoms with van der Waals surface area (Å²) in [6.45, 7) is 0.248. The standard InChI is InChI=1S/C30H30N4O5/c1-32(18-24(36)19-35)30(38)27-12-10-23-17-34(26-8-4-3-6-22(26)16-33(23)27)29(37)20-9-11-25(28(14-20)39-2)21-7-5-13-31-15-21/h3-15,24,35-36H,16-19H2,1-2H3. The minimum absolute atomic E-state index is 0.00785. The number of anilines is 1. The topological polar surface area (TPSA) is 108 Å². The molecule has 1 aliphatic heterocycles. The minimum Gasteiger partial charge on any atom is -0.496 e. The van der Waals surface area contributed by atoms with E-state index in [4.69, 9.17) is 4.74 Å². The SMILES string of the molecule is COc1cc(C(=O)N2Cc3ccc(C(=O)N(C)CC(O)CO)n3Cc3ccccc32)ccc1-c1cccnc1. The van der Waals surface area contributed by atoms with Crippen LogP contribution in [0.3, 0.4) is 0 Å². The Labute approximate surface area is 226 Å². The van der Waals surface area contributed by atoms with Crippen molar-refractivity contribution < 1.29 is 24.5 Å². The lowest BCUT2D eigenvalue weighted by Gasteiger charge is -2.23. The Kier molecular flexibility index (Phi) is 7.44. The third-order valence-electron chi connectivity index (χ3n) is 6.93. The Morgan fingerprint density at radius 1 is 1.08 bits per heavy atom. The molecule has 2 aromatic carbocycles. The molecule has 2 amide bonds. The summed E-state index contributed by atoms with van der Waals surface area (Å²) in [5.74, 6) is 0.104. The first-order valence-electron chi connectivity index (χ1n) is 12.6. The number of fused-ring (bicyclic) bond motifs is 2. The molecule has 2 aromatic heterocycles. The van der Waals surface area contributed by atoms with E-state index in [1.807, 2.05) is 53.1 Å². The van der Waals surface area contributed by atoms with Crippen LogP contribution in [0.25, 0.3) is 11.1 Å². The van der Waals surface area contributed by atoms with E-state index in [1.54, 1.807) is 49.7 Å². The molecule has 9 heteroatoms. The van der Waals surface area contributed by atoms with Gasteiger partial charge in [0.05, 0.1) is 32.9 Å². The van der Waals surface area contributed by atoms with Gasteiger partial charge in [-0.05, 0) is 48.0 Å². The number of nitrogens with zero attached hydrogens (tertiary/aromatic N) is 4. The number of carbonyl (C=O) groups excluding carboxylic acids is 2. The number of likely N-dealkylation sites (N-methyl/N-ethyl adjacent to an activating group) is 1. The zero-order valence-corrected chi connectivity index (χ0v) is 21.8. The van der Waals surface area contributed by atoms with Gasteiger partial charge in [-0.1, -0.05) is 24.3 Å². The number of amides is 2. The van der Waals surface area contributed by atoms with Crippen molar-refractivity contribution in [1.82, 2.24) is 14.5 Å². The first kappa shape index (κ1) is 26.1. The fourth-order valence-electron chi connectivity index (χ4n) is 4.92. The smallest absolute Gasteiger partial charge is 0.270 e. The van der Waals surface area contributed by atoms with Crippen molar-refractivity contribution in [2.24, 2.45) is 0 Å². The maximum absolute atomic E-state index is 14.0. The molecule has 9 nitrogen and oxygen atoms in total. The van der Waals surface area contributed by atoms with Gasteiger partial charge in [0.1, 0.15) is 11.4 Å². The average Bonchev–Trinajstić information content (AvgIpc) is 3.29. The van der Waals surface area contributed by atoms with Crippen molar-refractivity contribution in [3.8, 4) is 16.9 Å². The molecule has 0 aliphatic carbocycles. The minimum atomic E-state index is -1.02. The molecule has 4 aromatic rings. The van der Waals surface area contributed by atoms with Crippen LogP contribution >= 0.6 is 0 Å². The number of aromatic nitrogens is 2. The van der Waals surface area contributed by atoms with Gasteiger partial charge in [0.25, 0.3) is 11.8 Å². The highest BCUT2D eigenvalue weighted by atomic mass is 16.5. The lowest BCUT2D eigenvalue weighted by molar-refractivity contribution is 0.0513. The van der Waals surface area contributed by atoms with Crippen LogP contribution in [0.15, 0.2) is 79.1 Å². The maximum Gasteiger partial charge on any atom is 0.270 e.